The molecule has 1 aromatic carbocycles. The highest BCUT2D eigenvalue weighted by atomic mass is 32.2. The van der Waals surface area contributed by atoms with E-state index in [4.69, 9.17) is 0 Å². The van der Waals surface area contributed by atoms with Crippen LogP contribution in [0, 0.1) is 0 Å². The van der Waals surface area contributed by atoms with Gasteiger partial charge in [-0.1, -0.05) is 5.57 Å². The molecular formula is C20H18F2N2O4S. The molecule has 1 aromatic rings. The SMILES string of the molecule is O=C1CCc2cc(C(=O)CN3C(=O)SC(=C4CCC(F)(F)CC4)C3=O)ccc2N1. The smallest absolute Gasteiger partial charge is 0.293 e. The molecular weight excluding hydrogens is 402 g/mol. The second kappa shape index (κ2) is 7.37. The third-order valence-corrected chi connectivity index (χ3v) is 6.44. The van der Waals surface area contributed by atoms with Gasteiger partial charge >= 0.3 is 0 Å². The van der Waals surface area contributed by atoms with Crippen LogP contribution in [0.4, 0.5) is 19.3 Å². The van der Waals surface area contributed by atoms with Crippen LogP contribution in [0.2, 0.25) is 0 Å². The molecule has 1 saturated heterocycles. The van der Waals surface area contributed by atoms with Crippen LogP contribution in [0.1, 0.15) is 48.0 Å². The maximum Gasteiger partial charge on any atom is 0.293 e. The monoisotopic (exact) mass is 420 g/mol. The van der Waals surface area contributed by atoms with Crippen molar-refractivity contribution in [1.82, 2.24) is 4.90 Å². The Labute approximate surface area is 169 Å². The molecule has 2 fully saturated rings. The first-order valence-electron chi connectivity index (χ1n) is 9.33. The molecule has 0 bridgehead atoms. The third-order valence-electron chi connectivity index (χ3n) is 5.38. The van der Waals surface area contributed by atoms with Crippen molar-refractivity contribution in [2.75, 3.05) is 11.9 Å². The Morgan fingerprint density at radius 2 is 1.83 bits per heavy atom. The van der Waals surface area contributed by atoms with Crippen LogP contribution in [0.3, 0.4) is 0 Å². The number of carbonyl (C=O) groups excluding carboxylic acids is 4. The van der Waals surface area contributed by atoms with E-state index in [-0.39, 0.29) is 36.5 Å². The fraction of sp³-hybridized carbons (Fsp3) is 0.400. The standard InChI is InChI=1S/C20H18F2N2O4S/c21-20(22)7-5-11(6-8-20)17-18(27)24(19(28)29-17)10-15(25)13-1-3-14-12(9-13)2-4-16(26)23-14/h1,3,9H,2,4-8,10H2,(H,23,26). The summed E-state index contributed by atoms with van der Waals surface area (Å²) < 4.78 is 26.7. The summed E-state index contributed by atoms with van der Waals surface area (Å²) in [5.74, 6) is -3.79. The number of fused-ring (bicyclic) bond motifs is 1. The molecule has 152 valence electrons. The van der Waals surface area contributed by atoms with E-state index in [9.17, 15) is 28.0 Å². The number of imide groups is 1. The highest BCUT2D eigenvalue weighted by Gasteiger charge is 2.41. The normalized spacial score (nSPS) is 21.3. The third kappa shape index (κ3) is 3.96. The van der Waals surface area contributed by atoms with E-state index in [1.807, 2.05) is 0 Å². The van der Waals surface area contributed by atoms with E-state index in [1.54, 1.807) is 18.2 Å². The Bertz CT molecular complexity index is 961. The molecule has 3 amide bonds. The molecule has 3 aliphatic rings. The number of hydrogen-bond donors (Lipinski definition) is 1. The first-order chi connectivity index (χ1) is 13.7. The van der Waals surface area contributed by atoms with Gasteiger partial charge in [0.05, 0.1) is 11.4 Å². The van der Waals surface area contributed by atoms with Crippen molar-refractivity contribution in [3.05, 3.63) is 39.8 Å². The number of nitrogens with zero attached hydrogens (tertiary/aromatic N) is 1. The van der Waals surface area contributed by atoms with E-state index in [1.165, 1.54) is 0 Å². The number of nitrogens with one attached hydrogen (secondary N) is 1. The number of hydrogen-bond acceptors (Lipinski definition) is 5. The van der Waals surface area contributed by atoms with Crippen LogP contribution in [-0.2, 0) is 16.0 Å². The van der Waals surface area contributed by atoms with Gasteiger partial charge in [-0.05, 0) is 54.8 Å². The van der Waals surface area contributed by atoms with E-state index >= 15 is 0 Å². The molecule has 0 spiro atoms. The van der Waals surface area contributed by atoms with Gasteiger partial charge in [0.1, 0.15) is 0 Å². The molecule has 6 nitrogen and oxygen atoms in total. The van der Waals surface area contributed by atoms with E-state index < -0.39 is 29.4 Å². The quantitative estimate of drug-likeness (QED) is 0.592. The number of anilines is 1. The second-order valence-corrected chi connectivity index (χ2v) is 8.35. The Morgan fingerprint density at radius 1 is 1.10 bits per heavy atom. The first-order valence-corrected chi connectivity index (χ1v) is 10.1. The number of carbonyl (C=O) groups is 4. The summed E-state index contributed by atoms with van der Waals surface area (Å²) in [7, 11) is 0. The molecule has 2 aliphatic heterocycles. The Morgan fingerprint density at radius 3 is 2.55 bits per heavy atom. The summed E-state index contributed by atoms with van der Waals surface area (Å²) >= 11 is 0.721. The Hall–Kier alpha value is -2.55. The van der Waals surface area contributed by atoms with Crippen molar-refractivity contribution in [1.29, 1.82) is 0 Å². The average Bonchev–Trinajstić information content (AvgIpc) is 2.95. The highest BCUT2D eigenvalue weighted by Crippen LogP contribution is 2.42. The number of alkyl halides is 2. The zero-order valence-electron chi connectivity index (χ0n) is 15.4. The highest BCUT2D eigenvalue weighted by molar-refractivity contribution is 8.18. The minimum atomic E-state index is -2.73. The molecule has 9 heteroatoms. The van der Waals surface area contributed by atoms with E-state index in [0.717, 1.165) is 22.2 Å². The minimum Gasteiger partial charge on any atom is -0.326 e. The fourth-order valence-corrected chi connectivity index (χ4v) is 4.67. The lowest BCUT2D eigenvalue weighted by atomic mass is 9.91. The van der Waals surface area contributed by atoms with Gasteiger partial charge in [0.25, 0.3) is 11.1 Å². The van der Waals surface area contributed by atoms with Crippen LogP contribution in [-0.4, -0.2) is 40.2 Å². The Balaban J connectivity index is 1.48. The zero-order chi connectivity index (χ0) is 20.8. The molecule has 0 radical (unpaired) electrons. The molecule has 4 rings (SSSR count). The average molecular weight is 420 g/mol. The second-order valence-electron chi connectivity index (χ2n) is 7.39. The van der Waals surface area contributed by atoms with Gasteiger partial charge in [0.15, 0.2) is 5.78 Å². The maximum atomic E-state index is 13.4. The summed E-state index contributed by atoms with van der Waals surface area (Å²) in [6.07, 6.45) is 0.331. The summed E-state index contributed by atoms with van der Waals surface area (Å²) in [4.78, 5) is 50.1. The number of thioether (sulfide) groups is 1. The number of amides is 3. The summed E-state index contributed by atoms with van der Waals surface area (Å²) in [5.41, 5.74) is 2.40. The van der Waals surface area contributed by atoms with Gasteiger partial charge in [-0.15, -0.1) is 0 Å². The molecule has 0 aromatic heterocycles. The van der Waals surface area contributed by atoms with Crippen molar-refractivity contribution in [3.63, 3.8) is 0 Å². The zero-order valence-corrected chi connectivity index (χ0v) is 16.2. The number of ketones is 1. The van der Waals surface area contributed by atoms with Crippen molar-refractivity contribution in [2.24, 2.45) is 0 Å². The van der Waals surface area contributed by atoms with Crippen molar-refractivity contribution < 1.29 is 28.0 Å². The molecule has 1 saturated carbocycles. The summed E-state index contributed by atoms with van der Waals surface area (Å²) in [6.45, 7) is -0.400. The van der Waals surface area contributed by atoms with E-state index in [0.29, 0.717) is 29.7 Å². The molecule has 2 heterocycles. The molecule has 1 N–H and O–H groups in total. The number of benzene rings is 1. The van der Waals surface area contributed by atoms with Crippen LogP contribution < -0.4 is 5.32 Å². The number of aryl methyl sites for hydroxylation is 1. The Kier molecular flexibility index (Phi) is 5.02. The van der Waals surface area contributed by atoms with Gasteiger partial charge in [-0.2, -0.15) is 0 Å². The summed E-state index contributed by atoms with van der Waals surface area (Å²) in [5, 5.41) is 2.17. The maximum absolute atomic E-state index is 13.4. The van der Waals surface area contributed by atoms with Crippen LogP contribution in [0.5, 0.6) is 0 Å². The van der Waals surface area contributed by atoms with Crippen molar-refractivity contribution in [2.45, 2.75) is 44.4 Å². The first kappa shape index (κ1) is 19.8. The molecule has 0 atom stereocenters. The van der Waals surface area contributed by atoms with Gasteiger partial charge in [-0.3, -0.25) is 24.1 Å². The number of rotatable bonds is 3. The fourth-order valence-electron chi connectivity index (χ4n) is 3.69. The lowest BCUT2D eigenvalue weighted by Crippen LogP contribution is -2.34. The van der Waals surface area contributed by atoms with Crippen LogP contribution >= 0.6 is 11.8 Å². The molecule has 0 unspecified atom stereocenters. The predicted octanol–water partition coefficient (Wildman–Crippen LogP) is 3.91. The van der Waals surface area contributed by atoms with Gasteiger partial charge < -0.3 is 5.32 Å². The summed E-state index contributed by atoms with van der Waals surface area (Å²) in [6, 6.07) is 4.85. The molecule has 1 aliphatic carbocycles. The predicted molar refractivity (Wildman–Crippen MR) is 103 cm³/mol. The lowest BCUT2D eigenvalue weighted by Gasteiger charge is -2.24. The molecule has 29 heavy (non-hydrogen) atoms. The minimum absolute atomic E-state index is 0.0761. The number of Topliss-reactive ketones (excluding diaryl/α,β-unsaturated/α-hetero) is 1. The van der Waals surface area contributed by atoms with Crippen LogP contribution in [0.15, 0.2) is 28.7 Å². The van der Waals surface area contributed by atoms with Crippen molar-refractivity contribution in [3.8, 4) is 0 Å². The largest absolute Gasteiger partial charge is 0.326 e. The number of halogens is 2. The number of allylic oxidation sites excluding steroid dienone is 1. The van der Waals surface area contributed by atoms with Gasteiger partial charge in [0.2, 0.25) is 11.8 Å². The lowest BCUT2D eigenvalue weighted by molar-refractivity contribution is -0.122. The topological polar surface area (TPSA) is 83.6 Å². The van der Waals surface area contributed by atoms with Crippen LogP contribution in [0.25, 0.3) is 0 Å². The van der Waals surface area contributed by atoms with Gasteiger partial charge in [-0.25, -0.2) is 8.78 Å². The van der Waals surface area contributed by atoms with Crippen molar-refractivity contribution >= 4 is 40.3 Å². The van der Waals surface area contributed by atoms with Gasteiger partial charge in [0, 0.05) is 30.5 Å². The van der Waals surface area contributed by atoms with E-state index in [2.05, 4.69) is 5.32 Å².